The zero-order valence-electron chi connectivity index (χ0n) is 17.0. The fourth-order valence-corrected chi connectivity index (χ4v) is 3.72. The first kappa shape index (κ1) is 20.5. The van der Waals surface area contributed by atoms with Crippen molar-refractivity contribution in [1.29, 1.82) is 0 Å². The number of non-ortho nitro benzene ring substituents is 1. The third kappa shape index (κ3) is 4.63. The highest BCUT2D eigenvalue weighted by Gasteiger charge is 2.12. The van der Waals surface area contributed by atoms with Gasteiger partial charge in [-0.05, 0) is 62.6 Å². The molecule has 29 heavy (non-hydrogen) atoms. The maximum absolute atomic E-state index is 11.0. The van der Waals surface area contributed by atoms with Gasteiger partial charge in [0, 0.05) is 28.8 Å². The van der Waals surface area contributed by atoms with Crippen molar-refractivity contribution in [2.24, 2.45) is 4.99 Å². The van der Waals surface area contributed by atoms with Crippen LogP contribution in [0.3, 0.4) is 0 Å². The summed E-state index contributed by atoms with van der Waals surface area (Å²) in [5, 5.41) is 13.0. The van der Waals surface area contributed by atoms with Gasteiger partial charge in [-0.25, -0.2) is 9.67 Å². The predicted molar refractivity (Wildman–Crippen MR) is 119 cm³/mol. The molecule has 3 rings (SSSR count). The number of nitro groups is 1. The van der Waals surface area contributed by atoms with Crippen LogP contribution in [0.15, 0.2) is 64.6 Å². The normalized spacial score (nSPS) is 12.3. The lowest BCUT2D eigenvalue weighted by Gasteiger charge is -2.14. The zero-order valence-corrected chi connectivity index (χ0v) is 17.8. The maximum Gasteiger partial charge on any atom is 0.269 e. The Bertz CT molecular complexity index is 1120. The molecule has 150 valence electrons. The molecule has 1 heterocycles. The van der Waals surface area contributed by atoms with Crippen molar-refractivity contribution in [2.75, 3.05) is 5.43 Å². The number of thiazole rings is 1. The lowest BCUT2D eigenvalue weighted by molar-refractivity contribution is -0.384. The Kier molecular flexibility index (Phi) is 6.29. The van der Waals surface area contributed by atoms with Crippen LogP contribution in [-0.4, -0.2) is 9.60 Å². The minimum atomic E-state index is -0.390. The van der Waals surface area contributed by atoms with Gasteiger partial charge in [0.1, 0.15) is 0 Å². The fourth-order valence-electron chi connectivity index (χ4n) is 2.85. The molecule has 0 aliphatic heterocycles. The van der Waals surface area contributed by atoms with Crippen molar-refractivity contribution in [3.05, 3.63) is 85.7 Å². The smallest absolute Gasteiger partial charge is 0.269 e. The number of hydrogen-bond donors (Lipinski definition) is 1. The molecule has 0 bridgehead atoms. The van der Waals surface area contributed by atoms with Crippen LogP contribution in [0, 0.1) is 24.0 Å². The summed E-state index contributed by atoms with van der Waals surface area (Å²) < 4.78 is 1.94. The van der Waals surface area contributed by atoms with Gasteiger partial charge < -0.3 is 0 Å². The molecule has 0 aliphatic rings. The summed E-state index contributed by atoms with van der Waals surface area (Å²) in [5.41, 5.74) is 9.68. The second-order valence-corrected chi connectivity index (χ2v) is 7.54. The topological polar surface area (TPSA) is 72.5 Å². The summed E-state index contributed by atoms with van der Waals surface area (Å²) in [4.78, 5) is 16.2. The Morgan fingerprint density at radius 1 is 1.21 bits per heavy atom. The number of benzene rings is 2. The van der Waals surface area contributed by atoms with Crippen LogP contribution in [0.5, 0.6) is 0 Å². The van der Waals surface area contributed by atoms with E-state index in [9.17, 15) is 10.1 Å². The summed E-state index contributed by atoms with van der Waals surface area (Å²) in [6.07, 6.45) is 2.88. The lowest BCUT2D eigenvalue weighted by Crippen LogP contribution is -2.25. The van der Waals surface area contributed by atoms with Crippen molar-refractivity contribution >= 4 is 22.7 Å². The van der Waals surface area contributed by atoms with Crippen molar-refractivity contribution in [3.8, 4) is 11.3 Å². The van der Waals surface area contributed by atoms with E-state index >= 15 is 0 Å². The predicted octanol–water partition coefficient (Wildman–Crippen LogP) is 5.83. The molecule has 0 amide bonds. The van der Waals surface area contributed by atoms with E-state index in [2.05, 4.69) is 38.3 Å². The van der Waals surface area contributed by atoms with Gasteiger partial charge in [-0.1, -0.05) is 19.1 Å². The maximum atomic E-state index is 11.0. The molecule has 6 nitrogen and oxygen atoms in total. The fraction of sp³-hybridized carbons (Fsp3) is 0.227. The van der Waals surface area contributed by atoms with Gasteiger partial charge in [-0.15, -0.1) is 11.3 Å². The van der Waals surface area contributed by atoms with Crippen LogP contribution in [-0.2, 0) is 0 Å². The van der Waals surface area contributed by atoms with E-state index in [1.54, 1.807) is 12.1 Å². The molecule has 0 atom stereocenters. The van der Waals surface area contributed by atoms with E-state index in [-0.39, 0.29) is 10.6 Å². The molecule has 0 aliphatic carbocycles. The number of nitrogens with one attached hydrogen (secondary N) is 1. The molecule has 1 aromatic heterocycles. The van der Waals surface area contributed by atoms with Gasteiger partial charge in [0.05, 0.1) is 16.3 Å². The number of allylic oxidation sites excluding steroid dienone is 2. The van der Waals surface area contributed by atoms with Crippen LogP contribution in [0.25, 0.3) is 11.3 Å². The molecule has 0 radical (unpaired) electrons. The quantitative estimate of drug-likeness (QED) is 0.412. The summed E-state index contributed by atoms with van der Waals surface area (Å²) in [5.74, 6) is 0. The minimum absolute atomic E-state index is 0.0752. The van der Waals surface area contributed by atoms with Gasteiger partial charge in [0.2, 0.25) is 4.80 Å². The SMILES string of the molecule is C/C=C(/CC)Nn1c(-c2ccc([N+](=O)[O-])cc2)csc1=Nc1ccc(C)c(C)c1. The number of aryl methyl sites for hydroxylation is 2. The van der Waals surface area contributed by atoms with Crippen LogP contribution >= 0.6 is 11.3 Å². The molecule has 3 aromatic rings. The van der Waals surface area contributed by atoms with E-state index < -0.39 is 0 Å². The highest BCUT2D eigenvalue weighted by Crippen LogP contribution is 2.24. The molecule has 0 saturated heterocycles. The van der Waals surface area contributed by atoms with E-state index in [0.29, 0.717) is 0 Å². The van der Waals surface area contributed by atoms with E-state index in [4.69, 9.17) is 4.99 Å². The van der Waals surface area contributed by atoms with Gasteiger partial charge in [-0.2, -0.15) is 0 Å². The standard InChI is InChI=1S/C22H24N4O2S/c1-5-18(6-2)24-25-21(17-8-11-20(12-9-17)26(27)28)14-29-22(25)23-19-10-7-15(3)16(4)13-19/h5,7-14,24H,6H2,1-4H3/b18-5-,23-22?. The van der Waals surface area contributed by atoms with E-state index in [1.165, 1.54) is 34.6 Å². The molecule has 0 fully saturated rings. The highest BCUT2D eigenvalue weighted by atomic mass is 32.1. The Balaban J connectivity index is 2.13. The number of aromatic nitrogens is 1. The molecular weight excluding hydrogens is 384 g/mol. The van der Waals surface area contributed by atoms with Crippen molar-refractivity contribution < 1.29 is 4.92 Å². The van der Waals surface area contributed by atoms with Crippen LogP contribution in [0.4, 0.5) is 11.4 Å². The molecule has 0 spiro atoms. The van der Waals surface area contributed by atoms with Gasteiger partial charge in [-0.3, -0.25) is 15.5 Å². The molecular formula is C22H24N4O2S. The third-order valence-corrected chi connectivity index (χ3v) is 5.61. The molecule has 1 N–H and O–H groups in total. The van der Waals surface area contributed by atoms with Crippen LogP contribution in [0.2, 0.25) is 0 Å². The minimum Gasteiger partial charge on any atom is -0.296 e. The number of rotatable bonds is 6. The van der Waals surface area contributed by atoms with Gasteiger partial charge >= 0.3 is 0 Å². The zero-order chi connectivity index (χ0) is 21.0. The molecule has 2 aromatic carbocycles. The molecule has 0 saturated carbocycles. The summed E-state index contributed by atoms with van der Waals surface area (Å²) in [7, 11) is 0. The number of hydrogen-bond acceptors (Lipinski definition) is 5. The largest absolute Gasteiger partial charge is 0.296 e. The number of nitro benzene ring substituents is 1. The second kappa shape index (κ2) is 8.87. The summed E-state index contributed by atoms with van der Waals surface area (Å²) in [6.45, 7) is 8.23. The first-order chi connectivity index (χ1) is 13.9. The Hall–Kier alpha value is -3.19. The average molecular weight is 409 g/mol. The van der Waals surface area contributed by atoms with Crippen LogP contribution < -0.4 is 10.2 Å². The first-order valence-electron chi connectivity index (χ1n) is 9.42. The Morgan fingerprint density at radius 2 is 1.93 bits per heavy atom. The summed E-state index contributed by atoms with van der Waals surface area (Å²) >= 11 is 1.52. The second-order valence-electron chi connectivity index (χ2n) is 6.70. The van der Waals surface area contributed by atoms with Gasteiger partial charge in [0.25, 0.3) is 5.69 Å². The Morgan fingerprint density at radius 3 is 2.52 bits per heavy atom. The Labute approximate surface area is 174 Å². The van der Waals surface area contributed by atoms with Gasteiger partial charge in [0.15, 0.2) is 0 Å². The van der Waals surface area contributed by atoms with Crippen molar-refractivity contribution in [1.82, 2.24) is 4.68 Å². The highest BCUT2D eigenvalue weighted by molar-refractivity contribution is 7.07. The molecule has 0 unspecified atom stereocenters. The summed E-state index contributed by atoms with van der Waals surface area (Å²) in [6, 6.07) is 12.7. The van der Waals surface area contributed by atoms with Crippen molar-refractivity contribution in [3.63, 3.8) is 0 Å². The van der Waals surface area contributed by atoms with E-state index in [1.807, 2.05) is 29.1 Å². The molecule has 7 heteroatoms. The number of nitrogens with zero attached hydrogens (tertiary/aromatic N) is 3. The third-order valence-electron chi connectivity index (χ3n) is 4.78. The van der Waals surface area contributed by atoms with E-state index in [0.717, 1.165) is 33.9 Å². The monoisotopic (exact) mass is 408 g/mol. The van der Waals surface area contributed by atoms with Crippen LogP contribution in [0.1, 0.15) is 31.4 Å². The lowest BCUT2D eigenvalue weighted by atomic mass is 10.1. The first-order valence-corrected chi connectivity index (χ1v) is 10.3. The van der Waals surface area contributed by atoms with Crippen molar-refractivity contribution in [2.45, 2.75) is 34.1 Å². The average Bonchev–Trinajstić information content (AvgIpc) is 3.11.